The number of alkyl carbamates (subject to hydrolysis) is 1. The van der Waals surface area contributed by atoms with E-state index < -0.39 is 5.60 Å². The molecule has 0 bridgehead atoms. The summed E-state index contributed by atoms with van der Waals surface area (Å²) < 4.78 is 5.34. The van der Waals surface area contributed by atoms with Crippen LogP contribution in [0.5, 0.6) is 0 Å². The van der Waals surface area contributed by atoms with Crippen LogP contribution in [0.3, 0.4) is 0 Å². The molecule has 2 unspecified atom stereocenters. The van der Waals surface area contributed by atoms with E-state index in [1.165, 1.54) is 11.1 Å². The number of ether oxygens (including phenoxy) is 1. The lowest BCUT2D eigenvalue weighted by Crippen LogP contribution is -2.34. The highest BCUT2D eigenvalue weighted by Crippen LogP contribution is 2.41. The number of hydrogen-bond donors (Lipinski definition) is 2. The molecule has 1 aliphatic carbocycles. The molecule has 1 aromatic carbocycles. The Morgan fingerprint density at radius 2 is 2.00 bits per heavy atom. The van der Waals surface area contributed by atoms with Crippen molar-refractivity contribution in [3.63, 3.8) is 0 Å². The average molecular weight is 276 g/mol. The van der Waals surface area contributed by atoms with Gasteiger partial charge in [-0.05, 0) is 57.2 Å². The van der Waals surface area contributed by atoms with Gasteiger partial charge in [-0.1, -0.05) is 24.3 Å². The van der Waals surface area contributed by atoms with Crippen molar-refractivity contribution >= 4 is 6.09 Å². The number of hydrogen-bond acceptors (Lipinski definition) is 3. The zero-order valence-electron chi connectivity index (χ0n) is 12.5. The summed E-state index contributed by atoms with van der Waals surface area (Å²) in [7, 11) is 0. The van der Waals surface area contributed by atoms with Crippen molar-refractivity contribution in [2.45, 2.75) is 51.2 Å². The molecule has 0 saturated heterocycles. The Morgan fingerprint density at radius 1 is 1.35 bits per heavy atom. The molecule has 1 aliphatic rings. The molecule has 4 nitrogen and oxygen atoms in total. The number of rotatable bonds is 3. The number of amides is 1. The molecule has 2 rings (SSSR count). The maximum Gasteiger partial charge on any atom is 0.408 e. The highest BCUT2D eigenvalue weighted by atomic mass is 16.6. The van der Waals surface area contributed by atoms with Crippen molar-refractivity contribution < 1.29 is 9.53 Å². The fraction of sp³-hybridized carbons (Fsp3) is 0.562. The number of fused-ring (bicyclic) bond motifs is 1. The molecule has 0 aliphatic heterocycles. The second kappa shape index (κ2) is 5.83. The predicted octanol–water partition coefficient (Wildman–Crippen LogP) is 3.09. The summed E-state index contributed by atoms with van der Waals surface area (Å²) in [5, 5.41) is 2.98. The van der Waals surface area contributed by atoms with Crippen LogP contribution >= 0.6 is 0 Å². The topological polar surface area (TPSA) is 64.3 Å². The van der Waals surface area contributed by atoms with Gasteiger partial charge in [0.25, 0.3) is 0 Å². The first-order chi connectivity index (χ1) is 9.40. The monoisotopic (exact) mass is 276 g/mol. The third-order valence-electron chi connectivity index (χ3n) is 3.54. The number of nitrogens with two attached hydrogens (primary N) is 1. The minimum absolute atomic E-state index is 0.0256. The summed E-state index contributed by atoms with van der Waals surface area (Å²) in [5.74, 6) is 0.427. The van der Waals surface area contributed by atoms with Crippen LogP contribution in [-0.2, 0) is 4.74 Å². The molecule has 0 fully saturated rings. The van der Waals surface area contributed by atoms with Crippen LogP contribution in [0.25, 0.3) is 0 Å². The fourth-order valence-corrected chi connectivity index (χ4v) is 2.80. The van der Waals surface area contributed by atoms with Gasteiger partial charge in [-0.25, -0.2) is 4.79 Å². The van der Waals surface area contributed by atoms with Crippen molar-refractivity contribution in [3.05, 3.63) is 35.4 Å². The van der Waals surface area contributed by atoms with Gasteiger partial charge in [-0.15, -0.1) is 0 Å². The number of carbonyl (C=O) groups excluding carboxylic acids is 1. The van der Waals surface area contributed by atoms with Crippen LogP contribution in [0.15, 0.2) is 24.3 Å². The number of benzene rings is 1. The van der Waals surface area contributed by atoms with Gasteiger partial charge in [0, 0.05) is 0 Å². The fourth-order valence-electron chi connectivity index (χ4n) is 2.80. The first-order valence-corrected chi connectivity index (χ1v) is 7.19. The Balaban J connectivity index is 2.09. The minimum atomic E-state index is -0.473. The third-order valence-corrected chi connectivity index (χ3v) is 3.54. The highest BCUT2D eigenvalue weighted by Gasteiger charge is 2.32. The van der Waals surface area contributed by atoms with Crippen LogP contribution in [0.4, 0.5) is 4.79 Å². The third kappa shape index (κ3) is 3.51. The van der Waals surface area contributed by atoms with Gasteiger partial charge in [0.1, 0.15) is 5.60 Å². The van der Waals surface area contributed by atoms with Gasteiger partial charge >= 0.3 is 6.09 Å². The van der Waals surface area contributed by atoms with Gasteiger partial charge in [-0.2, -0.15) is 0 Å². The van der Waals surface area contributed by atoms with Crippen LogP contribution in [0.2, 0.25) is 0 Å². The Kier molecular flexibility index (Phi) is 4.33. The molecule has 1 aromatic rings. The number of carbonyl (C=O) groups is 1. The first kappa shape index (κ1) is 14.9. The summed E-state index contributed by atoms with van der Waals surface area (Å²) in [6.07, 6.45) is 1.49. The van der Waals surface area contributed by atoms with Gasteiger partial charge < -0.3 is 15.8 Å². The van der Waals surface area contributed by atoms with Crippen molar-refractivity contribution in [1.82, 2.24) is 5.32 Å². The smallest absolute Gasteiger partial charge is 0.408 e. The van der Waals surface area contributed by atoms with Gasteiger partial charge in [0.05, 0.1) is 6.04 Å². The molecular weight excluding hydrogens is 252 g/mol. The lowest BCUT2D eigenvalue weighted by molar-refractivity contribution is 0.0502. The molecule has 4 heteroatoms. The molecule has 0 aromatic heterocycles. The molecule has 0 saturated carbocycles. The minimum Gasteiger partial charge on any atom is -0.444 e. The molecule has 2 atom stereocenters. The van der Waals surface area contributed by atoms with E-state index in [2.05, 4.69) is 17.4 Å². The van der Waals surface area contributed by atoms with Crippen LogP contribution in [0, 0.1) is 0 Å². The van der Waals surface area contributed by atoms with Crippen LogP contribution in [0.1, 0.15) is 56.7 Å². The largest absolute Gasteiger partial charge is 0.444 e. The van der Waals surface area contributed by atoms with E-state index in [4.69, 9.17) is 10.5 Å². The molecule has 0 heterocycles. The van der Waals surface area contributed by atoms with E-state index in [0.29, 0.717) is 12.5 Å². The lowest BCUT2D eigenvalue weighted by atomic mass is 9.98. The van der Waals surface area contributed by atoms with Crippen molar-refractivity contribution in [2.24, 2.45) is 5.73 Å². The van der Waals surface area contributed by atoms with E-state index in [0.717, 1.165) is 12.8 Å². The second-order valence-corrected chi connectivity index (χ2v) is 6.34. The summed E-state index contributed by atoms with van der Waals surface area (Å²) in [6, 6.07) is 8.28. The average Bonchev–Trinajstić information content (AvgIpc) is 2.66. The van der Waals surface area contributed by atoms with Crippen LogP contribution in [-0.4, -0.2) is 18.2 Å². The van der Waals surface area contributed by atoms with Gasteiger partial charge in [-0.3, -0.25) is 0 Å². The molecular formula is C16H24N2O2. The van der Waals surface area contributed by atoms with Gasteiger partial charge in [0.2, 0.25) is 0 Å². The normalized spacial score (nSPS) is 21.4. The molecule has 0 radical (unpaired) electrons. The summed E-state index contributed by atoms with van der Waals surface area (Å²) >= 11 is 0. The maximum absolute atomic E-state index is 11.9. The molecule has 1 amide bonds. The lowest BCUT2D eigenvalue weighted by Gasteiger charge is -2.22. The number of nitrogens with one attached hydrogen (secondary N) is 1. The summed E-state index contributed by atoms with van der Waals surface area (Å²) in [5.41, 5.74) is 7.71. The predicted molar refractivity (Wildman–Crippen MR) is 79.6 cm³/mol. The maximum atomic E-state index is 11.9. The van der Waals surface area contributed by atoms with Crippen molar-refractivity contribution in [2.75, 3.05) is 6.54 Å². The van der Waals surface area contributed by atoms with Crippen molar-refractivity contribution in [3.8, 4) is 0 Å². The summed E-state index contributed by atoms with van der Waals surface area (Å²) in [6.45, 7) is 6.27. The Labute approximate surface area is 120 Å². The molecule has 110 valence electrons. The standard InChI is InChI=1S/C16H24N2O2/c1-16(2,3)20-15(19)18-14-10-11(8-9-17)12-6-4-5-7-13(12)14/h4-7,11,14H,8-10,17H2,1-3H3,(H,18,19). The quantitative estimate of drug-likeness (QED) is 0.891. The highest BCUT2D eigenvalue weighted by molar-refractivity contribution is 5.68. The zero-order chi connectivity index (χ0) is 14.8. The Bertz CT molecular complexity index is 480. The first-order valence-electron chi connectivity index (χ1n) is 7.19. The van der Waals surface area contributed by atoms with E-state index in [-0.39, 0.29) is 12.1 Å². The van der Waals surface area contributed by atoms with E-state index in [9.17, 15) is 4.79 Å². The molecule has 3 N–H and O–H groups in total. The zero-order valence-corrected chi connectivity index (χ0v) is 12.5. The molecule has 0 spiro atoms. The van der Waals surface area contributed by atoms with Crippen molar-refractivity contribution in [1.29, 1.82) is 0 Å². The molecule has 20 heavy (non-hydrogen) atoms. The van der Waals surface area contributed by atoms with E-state index >= 15 is 0 Å². The van der Waals surface area contributed by atoms with Gasteiger partial charge in [0.15, 0.2) is 0 Å². The Morgan fingerprint density at radius 3 is 2.60 bits per heavy atom. The Hall–Kier alpha value is -1.55. The van der Waals surface area contributed by atoms with E-state index in [1.807, 2.05) is 32.9 Å². The summed E-state index contributed by atoms with van der Waals surface area (Å²) in [4.78, 5) is 11.9. The SMILES string of the molecule is CC(C)(C)OC(=O)NC1CC(CCN)c2ccccc21. The van der Waals surface area contributed by atoms with E-state index in [1.54, 1.807) is 0 Å². The second-order valence-electron chi connectivity index (χ2n) is 6.34. The van der Waals surface area contributed by atoms with Crippen LogP contribution < -0.4 is 11.1 Å².